The van der Waals surface area contributed by atoms with Gasteiger partial charge in [-0.05, 0) is 28.1 Å². The number of fused-ring (bicyclic) bond motifs is 1. The van der Waals surface area contributed by atoms with Gasteiger partial charge in [0.05, 0.1) is 4.47 Å². The van der Waals surface area contributed by atoms with Gasteiger partial charge < -0.3 is 9.52 Å². The number of rotatable bonds is 1. The Kier molecular flexibility index (Phi) is 2.00. The van der Waals surface area contributed by atoms with Crippen molar-refractivity contribution in [3.8, 4) is 5.75 Å². The SMILES string of the molecule is CCc1nc2c(O)ccc(Br)c2o1. The van der Waals surface area contributed by atoms with Crippen LogP contribution in [0.1, 0.15) is 12.8 Å². The summed E-state index contributed by atoms with van der Waals surface area (Å²) in [5.41, 5.74) is 1.13. The molecule has 13 heavy (non-hydrogen) atoms. The largest absolute Gasteiger partial charge is 0.506 e. The summed E-state index contributed by atoms with van der Waals surface area (Å²) in [6.45, 7) is 1.95. The standard InChI is InChI=1S/C9H8BrNO2/c1-2-7-11-8-6(12)4-3-5(10)9(8)13-7/h3-4,12H,2H2,1H3. The zero-order valence-corrected chi connectivity index (χ0v) is 8.63. The molecule has 1 aromatic carbocycles. The molecule has 2 rings (SSSR count). The highest BCUT2D eigenvalue weighted by atomic mass is 79.9. The van der Waals surface area contributed by atoms with Crippen LogP contribution in [0.3, 0.4) is 0 Å². The average Bonchev–Trinajstić information content (AvgIpc) is 2.56. The monoisotopic (exact) mass is 241 g/mol. The molecule has 3 nitrogen and oxygen atoms in total. The zero-order valence-electron chi connectivity index (χ0n) is 7.04. The van der Waals surface area contributed by atoms with Gasteiger partial charge in [-0.1, -0.05) is 6.92 Å². The van der Waals surface area contributed by atoms with Gasteiger partial charge in [-0.15, -0.1) is 0 Å². The zero-order chi connectivity index (χ0) is 9.42. The first-order valence-corrected chi connectivity index (χ1v) is 4.78. The molecule has 0 radical (unpaired) electrons. The summed E-state index contributed by atoms with van der Waals surface area (Å²) in [5.74, 6) is 0.791. The van der Waals surface area contributed by atoms with E-state index in [0.29, 0.717) is 17.0 Å². The van der Waals surface area contributed by atoms with E-state index in [4.69, 9.17) is 4.42 Å². The first kappa shape index (κ1) is 8.56. The molecule has 0 fully saturated rings. The maximum Gasteiger partial charge on any atom is 0.195 e. The third-order valence-electron chi connectivity index (χ3n) is 1.82. The summed E-state index contributed by atoms with van der Waals surface area (Å²) < 4.78 is 6.22. The van der Waals surface area contributed by atoms with Crippen LogP contribution in [0, 0.1) is 0 Å². The summed E-state index contributed by atoms with van der Waals surface area (Å²) in [5, 5.41) is 9.46. The van der Waals surface area contributed by atoms with Gasteiger partial charge in [0.1, 0.15) is 5.75 Å². The van der Waals surface area contributed by atoms with E-state index < -0.39 is 0 Å². The van der Waals surface area contributed by atoms with Gasteiger partial charge in [0.25, 0.3) is 0 Å². The number of hydrogen-bond donors (Lipinski definition) is 1. The molecule has 0 atom stereocenters. The fourth-order valence-corrected chi connectivity index (χ4v) is 1.56. The van der Waals surface area contributed by atoms with Crippen LogP contribution in [0.5, 0.6) is 5.75 Å². The molecule has 0 saturated carbocycles. The number of aryl methyl sites for hydroxylation is 1. The van der Waals surface area contributed by atoms with Gasteiger partial charge in [0.2, 0.25) is 0 Å². The molecule has 4 heteroatoms. The first-order chi connectivity index (χ1) is 6.22. The van der Waals surface area contributed by atoms with E-state index in [1.54, 1.807) is 12.1 Å². The number of phenolic OH excluding ortho intramolecular Hbond substituents is 1. The lowest BCUT2D eigenvalue weighted by Crippen LogP contribution is -1.76. The van der Waals surface area contributed by atoms with Crippen molar-refractivity contribution in [2.24, 2.45) is 0 Å². The fraction of sp³-hybridized carbons (Fsp3) is 0.222. The number of hydrogen-bond acceptors (Lipinski definition) is 3. The maximum absolute atomic E-state index is 9.46. The molecule has 0 aliphatic carbocycles. The smallest absolute Gasteiger partial charge is 0.195 e. The Hall–Kier alpha value is -1.03. The second-order valence-electron chi connectivity index (χ2n) is 2.71. The highest BCUT2D eigenvalue weighted by Crippen LogP contribution is 2.31. The molecule has 0 aliphatic rings. The quantitative estimate of drug-likeness (QED) is 0.836. The maximum atomic E-state index is 9.46. The Morgan fingerprint density at radius 2 is 2.31 bits per heavy atom. The first-order valence-electron chi connectivity index (χ1n) is 3.99. The number of oxazole rings is 1. The van der Waals surface area contributed by atoms with Crippen molar-refractivity contribution in [3.63, 3.8) is 0 Å². The second kappa shape index (κ2) is 3.03. The topological polar surface area (TPSA) is 46.3 Å². The Bertz CT molecular complexity index is 411. The molecule has 2 aromatic rings. The number of nitrogens with zero attached hydrogens (tertiary/aromatic N) is 1. The van der Waals surface area contributed by atoms with Crippen LogP contribution in [0.4, 0.5) is 0 Å². The number of aromatic nitrogens is 1. The molecule has 68 valence electrons. The number of benzene rings is 1. The highest BCUT2D eigenvalue weighted by molar-refractivity contribution is 9.10. The van der Waals surface area contributed by atoms with Gasteiger partial charge in [-0.25, -0.2) is 4.98 Å². The van der Waals surface area contributed by atoms with E-state index in [-0.39, 0.29) is 5.75 Å². The van der Waals surface area contributed by atoms with E-state index in [2.05, 4.69) is 20.9 Å². The van der Waals surface area contributed by atoms with Crippen molar-refractivity contribution in [1.29, 1.82) is 0 Å². The van der Waals surface area contributed by atoms with Crippen molar-refractivity contribution in [1.82, 2.24) is 4.98 Å². The summed E-state index contributed by atoms with van der Waals surface area (Å²) in [7, 11) is 0. The predicted octanol–water partition coefficient (Wildman–Crippen LogP) is 2.86. The minimum absolute atomic E-state index is 0.154. The molecule has 0 spiro atoms. The molecule has 0 saturated heterocycles. The molecular weight excluding hydrogens is 234 g/mol. The lowest BCUT2D eigenvalue weighted by atomic mass is 10.3. The van der Waals surface area contributed by atoms with Crippen molar-refractivity contribution >= 4 is 27.0 Å². The van der Waals surface area contributed by atoms with Crippen LogP contribution in [-0.2, 0) is 6.42 Å². The van der Waals surface area contributed by atoms with Gasteiger partial charge in [0, 0.05) is 6.42 Å². The lowest BCUT2D eigenvalue weighted by Gasteiger charge is -1.92. The fourth-order valence-electron chi connectivity index (χ4n) is 1.16. The summed E-state index contributed by atoms with van der Waals surface area (Å²) in [6.07, 6.45) is 0.723. The third-order valence-corrected chi connectivity index (χ3v) is 2.45. The van der Waals surface area contributed by atoms with Crippen LogP contribution < -0.4 is 0 Å². The molecule has 1 N–H and O–H groups in total. The van der Waals surface area contributed by atoms with Crippen LogP contribution in [0.25, 0.3) is 11.1 Å². The Morgan fingerprint density at radius 1 is 1.54 bits per heavy atom. The number of phenols is 1. The van der Waals surface area contributed by atoms with Crippen LogP contribution in [-0.4, -0.2) is 10.1 Å². The predicted molar refractivity (Wildman–Crippen MR) is 52.8 cm³/mol. The lowest BCUT2D eigenvalue weighted by molar-refractivity contribution is 0.480. The van der Waals surface area contributed by atoms with E-state index in [1.165, 1.54) is 0 Å². The average molecular weight is 242 g/mol. The number of halogens is 1. The highest BCUT2D eigenvalue weighted by Gasteiger charge is 2.10. The third kappa shape index (κ3) is 1.31. The second-order valence-corrected chi connectivity index (χ2v) is 3.56. The van der Waals surface area contributed by atoms with Gasteiger partial charge >= 0.3 is 0 Å². The Balaban J connectivity index is 2.80. The van der Waals surface area contributed by atoms with E-state index in [9.17, 15) is 5.11 Å². The minimum Gasteiger partial charge on any atom is -0.506 e. The molecule has 0 unspecified atom stereocenters. The summed E-state index contributed by atoms with van der Waals surface area (Å²) >= 11 is 3.33. The summed E-state index contributed by atoms with van der Waals surface area (Å²) in [4.78, 5) is 4.14. The van der Waals surface area contributed by atoms with Crippen molar-refractivity contribution in [3.05, 3.63) is 22.5 Å². The summed E-state index contributed by atoms with van der Waals surface area (Å²) in [6, 6.07) is 3.33. The molecule has 0 aliphatic heterocycles. The Labute approximate surface area is 83.5 Å². The normalized spacial score (nSPS) is 10.9. The van der Waals surface area contributed by atoms with Gasteiger partial charge in [0.15, 0.2) is 17.0 Å². The van der Waals surface area contributed by atoms with Crippen LogP contribution in [0.2, 0.25) is 0 Å². The Morgan fingerprint density at radius 3 is 2.92 bits per heavy atom. The van der Waals surface area contributed by atoms with E-state index in [0.717, 1.165) is 10.9 Å². The van der Waals surface area contributed by atoms with Crippen molar-refractivity contribution in [2.45, 2.75) is 13.3 Å². The van der Waals surface area contributed by atoms with Gasteiger partial charge in [-0.2, -0.15) is 0 Å². The van der Waals surface area contributed by atoms with Crippen LogP contribution in [0.15, 0.2) is 21.0 Å². The molecule has 1 heterocycles. The van der Waals surface area contributed by atoms with E-state index >= 15 is 0 Å². The van der Waals surface area contributed by atoms with Crippen molar-refractivity contribution in [2.75, 3.05) is 0 Å². The van der Waals surface area contributed by atoms with Crippen molar-refractivity contribution < 1.29 is 9.52 Å². The molecule has 0 bridgehead atoms. The van der Waals surface area contributed by atoms with E-state index in [1.807, 2.05) is 6.92 Å². The molecule has 0 amide bonds. The van der Waals surface area contributed by atoms with Gasteiger partial charge in [-0.3, -0.25) is 0 Å². The molecular formula is C9H8BrNO2. The minimum atomic E-state index is 0.154. The van der Waals surface area contributed by atoms with Crippen LogP contribution >= 0.6 is 15.9 Å². The molecule has 1 aromatic heterocycles. The number of aromatic hydroxyl groups is 1.